The van der Waals surface area contributed by atoms with Crippen LogP contribution in [0.4, 0.5) is 0 Å². The zero-order valence-corrected chi connectivity index (χ0v) is 8.13. The van der Waals surface area contributed by atoms with Crippen molar-refractivity contribution in [1.82, 2.24) is 0 Å². The Morgan fingerprint density at radius 2 is 1.86 bits per heavy atom. The molecule has 0 saturated heterocycles. The van der Waals surface area contributed by atoms with E-state index >= 15 is 0 Å². The van der Waals surface area contributed by atoms with E-state index in [1.807, 2.05) is 30.3 Å². The molecule has 1 saturated carbocycles. The Labute approximate surface area is 84.2 Å². The molecule has 1 aliphatic carbocycles. The summed E-state index contributed by atoms with van der Waals surface area (Å²) in [6, 6.07) is 9.59. The predicted octanol–water partition coefficient (Wildman–Crippen LogP) is 1.88. The van der Waals surface area contributed by atoms with E-state index in [1.165, 1.54) is 0 Å². The van der Waals surface area contributed by atoms with E-state index in [-0.39, 0.29) is 12.0 Å². The Hall–Kier alpha value is -0.860. The van der Waals surface area contributed by atoms with Gasteiger partial charge < -0.3 is 10.2 Å². The molecule has 2 rings (SSSR count). The summed E-state index contributed by atoms with van der Waals surface area (Å²) in [5.74, 6) is 0.0254. The summed E-state index contributed by atoms with van der Waals surface area (Å²) in [7, 11) is 0. The third-order valence-corrected chi connectivity index (χ3v) is 3.08. The van der Waals surface area contributed by atoms with Gasteiger partial charge in [0.2, 0.25) is 0 Å². The third kappa shape index (κ3) is 1.81. The molecular formula is C12H16O2. The van der Waals surface area contributed by atoms with Crippen LogP contribution in [0.1, 0.15) is 30.9 Å². The smallest absolute Gasteiger partial charge is 0.0842 e. The predicted molar refractivity (Wildman–Crippen MR) is 54.7 cm³/mol. The maximum absolute atomic E-state index is 10.0. The molecule has 0 bridgehead atoms. The van der Waals surface area contributed by atoms with Crippen LogP contribution in [0, 0.1) is 5.92 Å². The Kier molecular flexibility index (Phi) is 2.85. The minimum atomic E-state index is -0.506. The minimum Gasteiger partial charge on any atom is -0.393 e. The topological polar surface area (TPSA) is 40.5 Å². The lowest BCUT2D eigenvalue weighted by Crippen LogP contribution is -2.20. The summed E-state index contributed by atoms with van der Waals surface area (Å²) >= 11 is 0. The Morgan fingerprint density at radius 1 is 1.14 bits per heavy atom. The second-order valence-corrected chi connectivity index (χ2v) is 4.02. The van der Waals surface area contributed by atoms with Crippen LogP contribution in [-0.4, -0.2) is 16.3 Å². The molecule has 0 spiro atoms. The van der Waals surface area contributed by atoms with Gasteiger partial charge in [-0.05, 0) is 18.4 Å². The third-order valence-electron chi connectivity index (χ3n) is 3.08. The second kappa shape index (κ2) is 4.11. The Morgan fingerprint density at radius 3 is 2.43 bits per heavy atom. The normalized spacial score (nSPS) is 29.0. The fourth-order valence-electron chi connectivity index (χ4n) is 2.23. The van der Waals surface area contributed by atoms with Crippen molar-refractivity contribution in [2.24, 2.45) is 5.92 Å². The maximum Gasteiger partial charge on any atom is 0.0842 e. The molecule has 1 fully saturated rings. The van der Waals surface area contributed by atoms with Crippen molar-refractivity contribution in [3.63, 3.8) is 0 Å². The Balaban J connectivity index is 2.12. The van der Waals surface area contributed by atoms with E-state index in [4.69, 9.17) is 0 Å². The standard InChI is InChI=1S/C12H16O2/c13-11-8-4-7-10(11)12(14)9-5-2-1-3-6-9/h1-3,5-6,10-14H,4,7-8H2/t10-,11-,12-/m1/s1. The summed E-state index contributed by atoms with van der Waals surface area (Å²) in [5.41, 5.74) is 0.915. The first-order chi connectivity index (χ1) is 6.79. The lowest BCUT2D eigenvalue weighted by atomic mass is 9.93. The van der Waals surface area contributed by atoms with Crippen molar-refractivity contribution in [2.75, 3.05) is 0 Å². The van der Waals surface area contributed by atoms with E-state index in [0.29, 0.717) is 0 Å². The van der Waals surface area contributed by atoms with Gasteiger partial charge in [0.25, 0.3) is 0 Å². The fourth-order valence-corrected chi connectivity index (χ4v) is 2.23. The highest BCUT2D eigenvalue weighted by atomic mass is 16.3. The SMILES string of the molecule is O[C@@H]1CCC[C@H]1[C@H](O)c1ccccc1. The van der Waals surface area contributed by atoms with Crippen molar-refractivity contribution < 1.29 is 10.2 Å². The second-order valence-electron chi connectivity index (χ2n) is 4.02. The van der Waals surface area contributed by atoms with Crippen LogP contribution in [-0.2, 0) is 0 Å². The highest BCUT2D eigenvalue weighted by Crippen LogP contribution is 2.35. The number of hydrogen-bond donors (Lipinski definition) is 2. The lowest BCUT2D eigenvalue weighted by Gasteiger charge is -2.21. The molecule has 2 nitrogen and oxygen atoms in total. The average molecular weight is 192 g/mol. The first-order valence-corrected chi connectivity index (χ1v) is 5.20. The van der Waals surface area contributed by atoms with Crippen LogP contribution < -0.4 is 0 Å². The molecule has 0 aromatic heterocycles. The van der Waals surface area contributed by atoms with Gasteiger partial charge in [0.15, 0.2) is 0 Å². The molecule has 1 aromatic rings. The highest BCUT2D eigenvalue weighted by molar-refractivity contribution is 5.18. The summed E-state index contributed by atoms with van der Waals surface area (Å²) in [6.45, 7) is 0. The first-order valence-electron chi connectivity index (χ1n) is 5.20. The largest absolute Gasteiger partial charge is 0.393 e. The van der Waals surface area contributed by atoms with Gasteiger partial charge in [0.05, 0.1) is 12.2 Å². The van der Waals surface area contributed by atoms with E-state index < -0.39 is 6.10 Å². The van der Waals surface area contributed by atoms with Gasteiger partial charge in [0.1, 0.15) is 0 Å². The first kappa shape index (κ1) is 9.69. The van der Waals surface area contributed by atoms with E-state index in [1.54, 1.807) is 0 Å². The number of aliphatic hydroxyl groups excluding tert-OH is 2. The van der Waals surface area contributed by atoms with Gasteiger partial charge in [-0.1, -0.05) is 36.8 Å². The molecular weight excluding hydrogens is 176 g/mol. The number of aliphatic hydroxyl groups is 2. The van der Waals surface area contributed by atoms with E-state index in [0.717, 1.165) is 24.8 Å². The van der Waals surface area contributed by atoms with Gasteiger partial charge in [-0.25, -0.2) is 0 Å². The summed E-state index contributed by atoms with van der Waals surface area (Å²) in [5, 5.41) is 19.7. The molecule has 1 aromatic carbocycles. The molecule has 76 valence electrons. The minimum absolute atomic E-state index is 0.0254. The zero-order valence-electron chi connectivity index (χ0n) is 8.13. The maximum atomic E-state index is 10.0. The molecule has 3 atom stereocenters. The van der Waals surface area contributed by atoms with Crippen LogP contribution in [0.25, 0.3) is 0 Å². The van der Waals surface area contributed by atoms with E-state index in [9.17, 15) is 10.2 Å². The molecule has 0 heterocycles. The highest BCUT2D eigenvalue weighted by Gasteiger charge is 2.31. The van der Waals surface area contributed by atoms with Crippen LogP contribution >= 0.6 is 0 Å². The molecule has 0 radical (unpaired) electrons. The lowest BCUT2D eigenvalue weighted by molar-refractivity contribution is 0.0307. The zero-order chi connectivity index (χ0) is 9.97. The van der Waals surface area contributed by atoms with Gasteiger partial charge in [-0.3, -0.25) is 0 Å². The van der Waals surface area contributed by atoms with Gasteiger partial charge >= 0.3 is 0 Å². The van der Waals surface area contributed by atoms with Crippen molar-refractivity contribution in [2.45, 2.75) is 31.5 Å². The Bertz CT molecular complexity index is 284. The summed E-state index contributed by atoms with van der Waals surface area (Å²) < 4.78 is 0. The summed E-state index contributed by atoms with van der Waals surface area (Å²) in [6.07, 6.45) is 1.94. The van der Waals surface area contributed by atoms with Gasteiger partial charge in [0, 0.05) is 5.92 Å². The van der Waals surface area contributed by atoms with Crippen molar-refractivity contribution in [3.05, 3.63) is 35.9 Å². The van der Waals surface area contributed by atoms with Crippen molar-refractivity contribution in [3.8, 4) is 0 Å². The van der Waals surface area contributed by atoms with Crippen LogP contribution in [0.15, 0.2) is 30.3 Å². The average Bonchev–Trinajstić information content (AvgIpc) is 2.65. The quantitative estimate of drug-likeness (QED) is 0.751. The molecule has 0 amide bonds. The molecule has 14 heavy (non-hydrogen) atoms. The molecule has 2 heteroatoms. The molecule has 0 aliphatic heterocycles. The number of benzene rings is 1. The molecule has 1 aliphatic rings. The molecule has 2 N–H and O–H groups in total. The molecule has 0 unspecified atom stereocenters. The van der Waals surface area contributed by atoms with Crippen LogP contribution in [0.5, 0.6) is 0 Å². The number of rotatable bonds is 2. The summed E-state index contributed by atoms with van der Waals surface area (Å²) in [4.78, 5) is 0. The van der Waals surface area contributed by atoms with Crippen LogP contribution in [0.2, 0.25) is 0 Å². The van der Waals surface area contributed by atoms with Gasteiger partial charge in [-0.15, -0.1) is 0 Å². The van der Waals surface area contributed by atoms with Gasteiger partial charge in [-0.2, -0.15) is 0 Å². The monoisotopic (exact) mass is 192 g/mol. The van der Waals surface area contributed by atoms with Crippen LogP contribution in [0.3, 0.4) is 0 Å². The fraction of sp³-hybridized carbons (Fsp3) is 0.500. The van der Waals surface area contributed by atoms with E-state index in [2.05, 4.69) is 0 Å². The van der Waals surface area contributed by atoms with Crippen molar-refractivity contribution in [1.29, 1.82) is 0 Å². The number of hydrogen-bond acceptors (Lipinski definition) is 2. The van der Waals surface area contributed by atoms with Crippen molar-refractivity contribution >= 4 is 0 Å².